The van der Waals surface area contributed by atoms with Crippen LogP contribution in [-0.2, 0) is 0 Å². The zero-order valence-electron chi connectivity index (χ0n) is 9.19. The lowest BCUT2D eigenvalue weighted by atomic mass is 9.88. The van der Waals surface area contributed by atoms with Gasteiger partial charge in [0.15, 0.2) is 0 Å². The van der Waals surface area contributed by atoms with Gasteiger partial charge in [0, 0.05) is 12.5 Å². The highest BCUT2D eigenvalue weighted by molar-refractivity contribution is 4.82. The van der Waals surface area contributed by atoms with Crippen molar-refractivity contribution in [1.82, 2.24) is 0 Å². The first-order valence-electron chi connectivity index (χ1n) is 5.72. The number of rotatable bonds is 4. The van der Waals surface area contributed by atoms with Crippen LogP contribution in [0.4, 0.5) is 13.2 Å². The largest absolute Gasteiger partial charge is 0.389 e. The van der Waals surface area contributed by atoms with E-state index in [9.17, 15) is 13.2 Å². The van der Waals surface area contributed by atoms with E-state index in [-0.39, 0.29) is 12.5 Å². The molecule has 0 heterocycles. The smallest absolute Gasteiger partial charge is 0.327 e. The molecule has 0 bridgehead atoms. The van der Waals surface area contributed by atoms with Crippen LogP contribution in [0.2, 0.25) is 0 Å². The fourth-order valence-corrected chi connectivity index (χ4v) is 2.56. The van der Waals surface area contributed by atoms with Crippen LogP contribution in [0, 0.1) is 11.8 Å². The van der Waals surface area contributed by atoms with Crippen molar-refractivity contribution in [2.24, 2.45) is 17.6 Å². The van der Waals surface area contributed by atoms with E-state index in [2.05, 4.69) is 6.92 Å². The highest BCUT2D eigenvalue weighted by Crippen LogP contribution is 2.34. The van der Waals surface area contributed by atoms with E-state index in [1.54, 1.807) is 0 Å². The molecular weight excluding hydrogens is 203 g/mol. The first-order valence-corrected chi connectivity index (χ1v) is 5.72. The van der Waals surface area contributed by atoms with E-state index < -0.39 is 12.6 Å². The van der Waals surface area contributed by atoms with Crippen LogP contribution in [0.3, 0.4) is 0 Å². The molecule has 15 heavy (non-hydrogen) atoms. The molecule has 0 saturated heterocycles. The van der Waals surface area contributed by atoms with Crippen LogP contribution < -0.4 is 5.73 Å². The Labute approximate surface area is 89.2 Å². The molecule has 3 unspecified atom stereocenters. The number of nitrogens with two attached hydrogens (primary N) is 1. The molecule has 0 spiro atoms. The molecule has 0 aliphatic heterocycles. The summed E-state index contributed by atoms with van der Waals surface area (Å²) in [7, 11) is 0. The Balaban J connectivity index is 2.21. The van der Waals surface area contributed by atoms with E-state index in [1.807, 2.05) is 0 Å². The molecule has 1 nitrogen and oxygen atoms in total. The van der Waals surface area contributed by atoms with Crippen molar-refractivity contribution in [1.29, 1.82) is 0 Å². The summed E-state index contributed by atoms with van der Waals surface area (Å²) in [5, 5.41) is 0. The van der Waals surface area contributed by atoms with Crippen LogP contribution in [-0.4, -0.2) is 12.2 Å². The third-order valence-electron chi connectivity index (χ3n) is 3.48. The van der Waals surface area contributed by atoms with Crippen LogP contribution in [0.1, 0.15) is 45.4 Å². The Morgan fingerprint density at radius 2 is 2.00 bits per heavy atom. The Morgan fingerprint density at radius 1 is 1.33 bits per heavy atom. The molecule has 3 atom stereocenters. The molecule has 1 fully saturated rings. The number of halogens is 3. The van der Waals surface area contributed by atoms with Crippen molar-refractivity contribution >= 4 is 0 Å². The maximum Gasteiger partial charge on any atom is 0.389 e. The Bertz CT molecular complexity index is 191. The highest BCUT2D eigenvalue weighted by Gasteiger charge is 2.30. The van der Waals surface area contributed by atoms with Crippen molar-refractivity contribution in [3.63, 3.8) is 0 Å². The molecule has 4 heteroatoms. The SMILES string of the molecule is CC1CCCC1C(N)CCCC(F)(F)F. The van der Waals surface area contributed by atoms with Gasteiger partial charge in [-0.15, -0.1) is 0 Å². The fourth-order valence-electron chi connectivity index (χ4n) is 2.56. The van der Waals surface area contributed by atoms with Crippen LogP contribution in [0.15, 0.2) is 0 Å². The van der Waals surface area contributed by atoms with Crippen molar-refractivity contribution in [2.75, 3.05) is 0 Å². The number of alkyl halides is 3. The number of hydrogen-bond acceptors (Lipinski definition) is 1. The topological polar surface area (TPSA) is 26.0 Å². The Kier molecular flexibility index (Phi) is 4.44. The molecule has 0 aromatic carbocycles. The lowest BCUT2D eigenvalue weighted by Crippen LogP contribution is -2.31. The zero-order chi connectivity index (χ0) is 11.5. The minimum absolute atomic E-state index is 0.0372. The van der Waals surface area contributed by atoms with E-state index in [4.69, 9.17) is 5.73 Å². The second-order valence-electron chi connectivity index (χ2n) is 4.74. The van der Waals surface area contributed by atoms with Gasteiger partial charge in [-0.2, -0.15) is 13.2 Å². The predicted octanol–water partition coefficient (Wildman–Crippen LogP) is 3.48. The van der Waals surface area contributed by atoms with Gasteiger partial charge >= 0.3 is 6.18 Å². The first-order chi connectivity index (χ1) is 6.90. The molecule has 1 aliphatic rings. The minimum atomic E-state index is -4.03. The van der Waals surface area contributed by atoms with Gasteiger partial charge in [0.25, 0.3) is 0 Å². The zero-order valence-corrected chi connectivity index (χ0v) is 9.19. The summed E-state index contributed by atoms with van der Waals surface area (Å²) in [5.74, 6) is 1.03. The van der Waals surface area contributed by atoms with Gasteiger partial charge in [0.2, 0.25) is 0 Å². The minimum Gasteiger partial charge on any atom is -0.327 e. The standard InChI is InChI=1S/C11H20F3N/c1-8-4-2-5-9(8)10(15)6-3-7-11(12,13)14/h8-10H,2-7,15H2,1H3. The van der Waals surface area contributed by atoms with Gasteiger partial charge in [-0.05, 0) is 31.1 Å². The van der Waals surface area contributed by atoms with Crippen molar-refractivity contribution in [3.8, 4) is 0 Å². The summed E-state index contributed by atoms with van der Waals surface area (Å²) in [4.78, 5) is 0. The third kappa shape index (κ3) is 4.41. The molecular formula is C11H20F3N. The van der Waals surface area contributed by atoms with Gasteiger partial charge in [-0.25, -0.2) is 0 Å². The summed E-state index contributed by atoms with van der Waals surface area (Å²) < 4.78 is 35.8. The molecule has 1 aliphatic carbocycles. The van der Waals surface area contributed by atoms with E-state index >= 15 is 0 Å². The predicted molar refractivity (Wildman–Crippen MR) is 54.4 cm³/mol. The lowest BCUT2D eigenvalue weighted by Gasteiger charge is -2.23. The molecule has 1 rings (SSSR count). The van der Waals surface area contributed by atoms with Gasteiger partial charge in [-0.1, -0.05) is 19.8 Å². The second kappa shape index (κ2) is 5.19. The molecule has 0 radical (unpaired) electrons. The van der Waals surface area contributed by atoms with E-state index in [1.165, 1.54) is 12.8 Å². The van der Waals surface area contributed by atoms with Crippen molar-refractivity contribution < 1.29 is 13.2 Å². The average Bonchev–Trinajstić information content (AvgIpc) is 2.48. The molecule has 2 N–H and O–H groups in total. The van der Waals surface area contributed by atoms with Gasteiger partial charge in [-0.3, -0.25) is 0 Å². The Morgan fingerprint density at radius 3 is 2.47 bits per heavy atom. The van der Waals surface area contributed by atoms with Crippen LogP contribution in [0.5, 0.6) is 0 Å². The Hall–Kier alpha value is -0.250. The average molecular weight is 223 g/mol. The van der Waals surface area contributed by atoms with E-state index in [0.717, 1.165) is 6.42 Å². The van der Waals surface area contributed by atoms with Crippen molar-refractivity contribution in [3.05, 3.63) is 0 Å². The van der Waals surface area contributed by atoms with Gasteiger partial charge < -0.3 is 5.73 Å². The van der Waals surface area contributed by atoms with Crippen LogP contribution in [0.25, 0.3) is 0 Å². The third-order valence-corrected chi connectivity index (χ3v) is 3.48. The van der Waals surface area contributed by atoms with Crippen molar-refractivity contribution in [2.45, 2.75) is 57.7 Å². The number of hydrogen-bond donors (Lipinski definition) is 1. The molecule has 90 valence electrons. The molecule has 1 saturated carbocycles. The maximum atomic E-state index is 11.9. The summed E-state index contributed by atoms with van der Waals surface area (Å²) in [6, 6.07) is -0.0372. The second-order valence-corrected chi connectivity index (χ2v) is 4.74. The van der Waals surface area contributed by atoms with Crippen LogP contribution >= 0.6 is 0 Å². The summed E-state index contributed by atoms with van der Waals surface area (Å²) in [5.41, 5.74) is 5.93. The maximum absolute atomic E-state index is 11.9. The molecule has 0 aromatic heterocycles. The first kappa shape index (κ1) is 12.8. The van der Waals surface area contributed by atoms with Gasteiger partial charge in [0.1, 0.15) is 0 Å². The monoisotopic (exact) mass is 223 g/mol. The normalized spacial score (nSPS) is 29.4. The molecule has 0 amide bonds. The highest BCUT2D eigenvalue weighted by atomic mass is 19.4. The van der Waals surface area contributed by atoms with E-state index in [0.29, 0.717) is 18.3 Å². The summed E-state index contributed by atoms with van der Waals surface area (Å²) in [6.45, 7) is 2.15. The fraction of sp³-hybridized carbons (Fsp3) is 1.00. The lowest BCUT2D eigenvalue weighted by molar-refractivity contribution is -0.135. The van der Waals surface area contributed by atoms with Gasteiger partial charge in [0.05, 0.1) is 0 Å². The molecule has 0 aromatic rings. The quantitative estimate of drug-likeness (QED) is 0.775. The summed E-state index contributed by atoms with van der Waals surface area (Å²) in [6.07, 6.45) is -0.587. The summed E-state index contributed by atoms with van der Waals surface area (Å²) >= 11 is 0.